The third-order valence-corrected chi connectivity index (χ3v) is 4.68. The number of benzene rings is 2. The molecule has 2 aromatic carbocycles. The van der Waals surface area contributed by atoms with E-state index in [1.54, 1.807) is 13.0 Å². The number of sulfonamides is 1. The fourth-order valence-electron chi connectivity index (χ4n) is 2.19. The Hall–Kier alpha value is -2.19. The van der Waals surface area contributed by atoms with E-state index >= 15 is 0 Å². The van der Waals surface area contributed by atoms with Crippen LogP contribution in [0.3, 0.4) is 0 Å². The summed E-state index contributed by atoms with van der Waals surface area (Å²) in [5.41, 5.74) is 0.591. The summed E-state index contributed by atoms with van der Waals surface area (Å²) in [6.45, 7) is 1.08. The number of aryl methyl sites for hydroxylation is 1. The van der Waals surface area contributed by atoms with Gasteiger partial charge in [-0.15, -0.1) is 0 Å². The molecule has 134 valence electrons. The van der Waals surface area contributed by atoms with E-state index in [0.29, 0.717) is 16.7 Å². The Morgan fingerprint density at radius 1 is 1.20 bits per heavy atom. The SMILES string of the molecule is Cc1cc(Cl)ccc1N(CC(=O)Nc1ccc(F)cc1F)S(C)(=O)=O. The highest BCUT2D eigenvalue weighted by atomic mass is 35.5. The summed E-state index contributed by atoms with van der Waals surface area (Å²) in [5.74, 6) is -2.52. The monoisotopic (exact) mass is 388 g/mol. The maximum atomic E-state index is 13.6. The van der Waals surface area contributed by atoms with Gasteiger partial charge < -0.3 is 5.32 Å². The van der Waals surface area contributed by atoms with Gasteiger partial charge in [0, 0.05) is 11.1 Å². The number of carbonyl (C=O) groups is 1. The van der Waals surface area contributed by atoms with Gasteiger partial charge in [-0.25, -0.2) is 17.2 Å². The van der Waals surface area contributed by atoms with Crippen LogP contribution in [0, 0.1) is 18.6 Å². The molecule has 0 bridgehead atoms. The normalized spacial score (nSPS) is 11.2. The van der Waals surface area contributed by atoms with Gasteiger partial charge in [0.05, 0.1) is 17.6 Å². The van der Waals surface area contributed by atoms with Crippen LogP contribution in [-0.4, -0.2) is 27.1 Å². The maximum Gasteiger partial charge on any atom is 0.245 e. The zero-order valence-electron chi connectivity index (χ0n) is 13.4. The minimum absolute atomic E-state index is 0.243. The van der Waals surface area contributed by atoms with Crippen molar-refractivity contribution < 1.29 is 22.0 Å². The largest absolute Gasteiger partial charge is 0.322 e. The summed E-state index contributed by atoms with van der Waals surface area (Å²) in [5, 5.41) is 2.65. The van der Waals surface area contributed by atoms with Crippen molar-refractivity contribution in [2.45, 2.75) is 6.92 Å². The number of carbonyl (C=O) groups excluding carboxylic acids is 1. The molecule has 0 aliphatic heterocycles. The van der Waals surface area contributed by atoms with Gasteiger partial charge in [0.1, 0.15) is 18.2 Å². The lowest BCUT2D eigenvalue weighted by molar-refractivity contribution is -0.114. The molecular formula is C16H15ClF2N2O3S. The van der Waals surface area contributed by atoms with Crippen LogP contribution < -0.4 is 9.62 Å². The van der Waals surface area contributed by atoms with E-state index in [1.807, 2.05) is 0 Å². The van der Waals surface area contributed by atoms with Crippen molar-refractivity contribution in [3.05, 3.63) is 58.6 Å². The van der Waals surface area contributed by atoms with E-state index in [9.17, 15) is 22.0 Å². The number of halogens is 3. The molecular weight excluding hydrogens is 374 g/mol. The molecule has 0 saturated heterocycles. The Labute approximate surface area is 149 Å². The fraction of sp³-hybridized carbons (Fsp3) is 0.188. The second kappa shape index (κ2) is 7.37. The highest BCUT2D eigenvalue weighted by molar-refractivity contribution is 7.92. The van der Waals surface area contributed by atoms with Crippen molar-refractivity contribution in [3.63, 3.8) is 0 Å². The molecule has 2 aromatic rings. The first-order valence-corrected chi connectivity index (χ1v) is 9.29. The molecule has 9 heteroatoms. The van der Waals surface area contributed by atoms with Crippen molar-refractivity contribution >= 4 is 38.9 Å². The third-order valence-electron chi connectivity index (χ3n) is 3.32. The highest BCUT2D eigenvalue weighted by Crippen LogP contribution is 2.25. The molecule has 0 spiro atoms. The molecule has 0 radical (unpaired) electrons. The van der Waals surface area contributed by atoms with Crippen molar-refractivity contribution in [1.29, 1.82) is 0 Å². The van der Waals surface area contributed by atoms with Crippen LogP contribution in [0.15, 0.2) is 36.4 Å². The maximum absolute atomic E-state index is 13.6. The predicted molar refractivity (Wildman–Crippen MR) is 93.4 cm³/mol. The average Bonchev–Trinajstić information content (AvgIpc) is 2.47. The molecule has 0 aromatic heterocycles. The topological polar surface area (TPSA) is 66.5 Å². The van der Waals surface area contributed by atoms with Crippen LogP contribution in [-0.2, 0) is 14.8 Å². The van der Waals surface area contributed by atoms with Gasteiger partial charge in [-0.1, -0.05) is 11.6 Å². The quantitative estimate of drug-likeness (QED) is 0.854. The summed E-state index contributed by atoms with van der Waals surface area (Å²) in [7, 11) is -3.78. The first kappa shape index (κ1) is 19.1. The van der Waals surface area contributed by atoms with E-state index in [1.165, 1.54) is 12.1 Å². The number of rotatable bonds is 5. The Kier molecular flexibility index (Phi) is 5.64. The average molecular weight is 389 g/mol. The van der Waals surface area contributed by atoms with Crippen LogP contribution in [0.2, 0.25) is 5.02 Å². The van der Waals surface area contributed by atoms with Crippen molar-refractivity contribution in [3.8, 4) is 0 Å². The van der Waals surface area contributed by atoms with Crippen LogP contribution >= 0.6 is 11.6 Å². The Balaban J connectivity index is 2.27. The molecule has 0 unspecified atom stereocenters. The van der Waals surface area contributed by atoms with Crippen LogP contribution in [0.5, 0.6) is 0 Å². The molecule has 5 nitrogen and oxygen atoms in total. The smallest absolute Gasteiger partial charge is 0.245 e. The van der Waals surface area contributed by atoms with Gasteiger partial charge in [0.25, 0.3) is 0 Å². The number of hydrogen-bond donors (Lipinski definition) is 1. The molecule has 0 heterocycles. The lowest BCUT2D eigenvalue weighted by Gasteiger charge is -2.23. The van der Waals surface area contributed by atoms with E-state index < -0.39 is 34.1 Å². The molecule has 1 amide bonds. The first-order valence-electron chi connectivity index (χ1n) is 7.06. The molecule has 2 rings (SSSR count). The number of hydrogen-bond acceptors (Lipinski definition) is 3. The minimum atomic E-state index is -3.78. The van der Waals surface area contributed by atoms with Gasteiger partial charge in [0.15, 0.2) is 0 Å². The first-order chi connectivity index (χ1) is 11.6. The molecule has 0 atom stereocenters. The van der Waals surface area contributed by atoms with Crippen LogP contribution in [0.1, 0.15) is 5.56 Å². The molecule has 0 aliphatic carbocycles. The second-order valence-corrected chi connectivity index (χ2v) is 7.72. The summed E-state index contributed by atoms with van der Waals surface area (Å²) in [6, 6.07) is 7.20. The molecule has 25 heavy (non-hydrogen) atoms. The third kappa shape index (κ3) is 4.90. The summed E-state index contributed by atoms with van der Waals surface area (Å²) < 4.78 is 51.5. The van der Waals surface area contributed by atoms with Crippen LogP contribution in [0.4, 0.5) is 20.2 Å². The van der Waals surface area contributed by atoms with E-state index in [4.69, 9.17) is 11.6 Å². The van der Waals surface area contributed by atoms with Crippen molar-refractivity contribution in [2.75, 3.05) is 22.4 Å². The number of nitrogens with zero attached hydrogens (tertiary/aromatic N) is 1. The van der Waals surface area contributed by atoms with Crippen molar-refractivity contribution in [2.24, 2.45) is 0 Å². The van der Waals surface area contributed by atoms with Gasteiger partial charge >= 0.3 is 0 Å². The summed E-state index contributed by atoms with van der Waals surface area (Å²) in [6.07, 6.45) is 0.951. The van der Waals surface area contributed by atoms with E-state index in [-0.39, 0.29) is 11.4 Å². The molecule has 1 N–H and O–H groups in total. The zero-order valence-corrected chi connectivity index (χ0v) is 15.0. The standard InChI is InChI=1S/C16H15ClF2N2O3S/c1-10-7-11(17)3-6-15(10)21(25(2,23)24)9-16(22)20-14-5-4-12(18)8-13(14)19/h3-8H,9H2,1-2H3,(H,20,22). The number of amides is 1. The lowest BCUT2D eigenvalue weighted by Crippen LogP contribution is -2.38. The summed E-state index contributed by atoms with van der Waals surface area (Å²) >= 11 is 5.86. The van der Waals surface area contributed by atoms with Gasteiger partial charge in [0.2, 0.25) is 15.9 Å². The number of nitrogens with one attached hydrogen (secondary N) is 1. The van der Waals surface area contributed by atoms with Gasteiger partial charge in [-0.05, 0) is 42.8 Å². The second-order valence-electron chi connectivity index (χ2n) is 5.37. The van der Waals surface area contributed by atoms with E-state index in [2.05, 4.69) is 5.32 Å². The van der Waals surface area contributed by atoms with Gasteiger partial charge in [-0.2, -0.15) is 0 Å². The van der Waals surface area contributed by atoms with Crippen LogP contribution in [0.25, 0.3) is 0 Å². The Morgan fingerprint density at radius 3 is 2.44 bits per heavy atom. The highest BCUT2D eigenvalue weighted by Gasteiger charge is 2.23. The number of anilines is 2. The fourth-order valence-corrected chi connectivity index (χ4v) is 3.33. The van der Waals surface area contributed by atoms with Gasteiger partial charge in [-0.3, -0.25) is 9.10 Å². The zero-order chi connectivity index (χ0) is 18.8. The Morgan fingerprint density at radius 2 is 1.88 bits per heavy atom. The van der Waals surface area contributed by atoms with E-state index in [0.717, 1.165) is 22.7 Å². The molecule has 0 fully saturated rings. The summed E-state index contributed by atoms with van der Waals surface area (Å²) in [4.78, 5) is 12.2. The predicted octanol–water partition coefficient (Wildman–Crippen LogP) is 3.33. The van der Waals surface area contributed by atoms with Crippen molar-refractivity contribution in [1.82, 2.24) is 0 Å². The molecule has 0 aliphatic rings. The lowest BCUT2D eigenvalue weighted by atomic mass is 10.2. The minimum Gasteiger partial charge on any atom is -0.322 e. The Bertz CT molecular complexity index is 920. The molecule has 0 saturated carbocycles.